The number of hydrogen-bond donors (Lipinski definition) is 0. The van der Waals surface area contributed by atoms with Crippen LogP contribution in [0.15, 0.2) is 83.8 Å². The van der Waals surface area contributed by atoms with Gasteiger partial charge in [-0.05, 0) is 99.4 Å². The van der Waals surface area contributed by atoms with E-state index in [2.05, 4.69) is 4.90 Å². The maximum atomic E-state index is 13.0. The predicted molar refractivity (Wildman–Crippen MR) is 157 cm³/mol. The van der Waals surface area contributed by atoms with Gasteiger partial charge in [-0.15, -0.1) is 0 Å². The van der Waals surface area contributed by atoms with Gasteiger partial charge < -0.3 is 9.64 Å². The molecule has 1 aliphatic rings. The molecule has 0 amide bonds. The summed E-state index contributed by atoms with van der Waals surface area (Å²) in [5.41, 5.74) is 2.80. The first-order valence-corrected chi connectivity index (χ1v) is 15.0. The van der Waals surface area contributed by atoms with E-state index in [9.17, 15) is 13.2 Å². The molecule has 0 saturated carbocycles. The number of ether oxygens (including phenoxy) is 1. The molecule has 4 rings (SSSR count). The normalized spacial score (nSPS) is 15.2. The molecule has 0 N–H and O–H groups in total. The Morgan fingerprint density at radius 1 is 1.00 bits per heavy atom. The molecule has 1 heterocycles. The highest BCUT2D eigenvalue weighted by Crippen LogP contribution is 2.24. The largest absolute Gasteiger partial charge is 0.494 e. The minimum atomic E-state index is -3.54. The van der Waals surface area contributed by atoms with Gasteiger partial charge in [0.2, 0.25) is 10.0 Å². The smallest absolute Gasteiger partial charge is 0.243 e. The van der Waals surface area contributed by atoms with Gasteiger partial charge in [0, 0.05) is 30.2 Å². The van der Waals surface area contributed by atoms with E-state index in [-0.39, 0.29) is 16.7 Å². The number of aryl methyl sites for hydroxylation is 1. The molecule has 0 aliphatic carbocycles. The molecule has 3 aromatic carbocycles. The zero-order chi connectivity index (χ0) is 27.8. The lowest BCUT2D eigenvalue weighted by molar-refractivity contribution is 0.104. The molecule has 6 nitrogen and oxygen atoms in total. The minimum absolute atomic E-state index is 0.0221. The van der Waals surface area contributed by atoms with Crippen molar-refractivity contribution < 1.29 is 17.9 Å². The molecule has 0 radical (unpaired) electrons. The molecule has 0 bridgehead atoms. The summed E-state index contributed by atoms with van der Waals surface area (Å²) in [6.45, 7) is 5.19. The van der Waals surface area contributed by atoms with Crippen LogP contribution in [0.1, 0.15) is 40.7 Å². The quantitative estimate of drug-likeness (QED) is 0.159. The summed E-state index contributed by atoms with van der Waals surface area (Å²) in [5.74, 6) is 0.693. The number of benzene rings is 3. The Morgan fingerprint density at radius 3 is 2.28 bits per heavy atom. The van der Waals surface area contributed by atoms with Crippen molar-refractivity contribution >= 4 is 33.5 Å². The molecule has 206 valence electrons. The summed E-state index contributed by atoms with van der Waals surface area (Å²) in [7, 11) is -1.88. The summed E-state index contributed by atoms with van der Waals surface area (Å²) in [4.78, 5) is 15.1. The van der Waals surface area contributed by atoms with Gasteiger partial charge in [-0.3, -0.25) is 4.79 Å². The lowest BCUT2D eigenvalue weighted by Gasteiger charge is -2.36. The Kier molecular flexibility index (Phi) is 9.97. The number of piperidine rings is 1. The fraction of sp³-hybridized carbons (Fsp3) is 0.323. The van der Waals surface area contributed by atoms with Gasteiger partial charge in [-0.25, -0.2) is 8.42 Å². The number of sulfonamides is 1. The minimum Gasteiger partial charge on any atom is -0.494 e. The molecule has 1 saturated heterocycles. The maximum Gasteiger partial charge on any atom is 0.243 e. The summed E-state index contributed by atoms with van der Waals surface area (Å²) < 4.78 is 33.3. The topological polar surface area (TPSA) is 66.9 Å². The molecule has 0 aromatic heterocycles. The van der Waals surface area contributed by atoms with E-state index in [0.29, 0.717) is 17.2 Å². The number of allylic oxidation sites excluding steroid dienone is 1. The van der Waals surface area contributed by atoms with Gasteiger partial charge in [0.1, 0.15) is 5.75 Å². The number of carbonyl (C=O) groups is 1. The van der Waals surface area contributed by atoms with Crippen LogP contribution in [0.25, 0.3) is 6.08 Å². The molecule has 0 spiro atoms. The predicted octanol–water partition coefficient (Wildman–Crippen LogP) is 6.10. The van der Waals surface area contributed by atoms with E-state index in [4.69, 9.17) is 16.3 Å². The summed E-state index contributed by atoms with van der Waals surface area (Å²) in [6.07, 6.45) is 5.86. The van der Waals surface area contributed by atoms with E-state index < -0.39 is 10.0 Å². The number of halogens is 1. The van der Waals surface area contributed by atoms with Crippen LogP contribution in [0.2, 0.25) is 5.02 Å². The molecule has 1 aliphatic heterocycles. The highest BCUT2D eigenvalue weighted by atomic mass is 35.5. The Hall–Kier alpha value is -2.97. The molecule has 0 unspecified atom stereocenters. The van der Waals surface area contributed by atoms with Crippen LogP contribution in [0.3, 0.4) is 0 Å². The van der Waals surface area contributed by atoms with E-state index in [0.717, 1.165) is 50.2 Å². The number of hydrogen-bond acceptors (Lipinski definition) is 5. The Morgan fingerprint density at radius 2 is 1.64 bits per heavy atom. The number of nitrogens with zero attached hydrogens (tertiary/aromatic N) is 2. The highest BCUT2D eigenvalue weighted by molar-refractivity contribution is 7.89. The summed E-state index contributed by atoms with van der Waals surface area (Å²) >= 11 is 5.90. The van der Waals surface area contributed by atoms with Crippen LogP contribution in [-0.2, 0) is 10.0 Å². The summed E-state index contributed by atoms with van der Waals surface area (Å²) in [5, 5.41) is 0.517. The SMILES string of the molecule is Cc1ccc(/C=C/C(=O)c2ccc(OCCCN3CCC(N(C)S(=O)(=O)c4ccc(Cl)cc4)CC3)cc2)cc1. The first kappa shape index (κ1) is 29.0. The Balaban J connectivity index is 1.16. The summed E-state index contributed by atoms with van der Waals surface area (Å²) in [6, 6.07) is 21.6. The Bertz CT molecular complexity index is 1360. The Labute approximate surface area is 236 Å². The van der Waals surface area contributed by atoms with Crippen molar-refractivity contribution in [1.82, 2.24) is 9.21 Å². The molecule has 39 heavy (non-hydrogen) atoms. The fourth-order valence-electron chi connectivity index (χ4n) is 4.61. The third-order valence-corrected chi connectivity index (χ3v) is 9.27. The van der Waals surface area contributed by atoms with Gasteiger partial charge in [-0.1, -0.05) is 47.5 Å². The zero-order valence-corrected chi connectivity index (χ0v) is 24.0. The lowest BCUT2D eigenvalue weighted by Crippen LogP contribution is -2.45. The fourth-order valence-corrected chi connectivity index (χ4v) is 6.16. The van der Waals surface area contributed by atoms with E-state index >= 15 is 0 Å². The standard InChI is InChI=1S/C31H35ClN2O4S/c1-24-4-6-25(7-5-24)8-17-31(35)26-9-13-29(14-10-26)38-23-3-20-34-21-18-28(19-22-34)33(2)39(36,37)30-15-11-27(32)12-16-30/h4-17,28H,3,18-23H2,1-2H3/b17-8+. The molecule has 8 heteroatoms. The van der Waals surface area contributed by atoms with Gasteiger partial charge in [0.05, 0.1) is 11.5 Å². The first-order valence-electron chi connectivity index (χ1n) is 13.2. The van der Waals surface area contributed by atoms with Crippen LogP contribution in [0.4, 0.5) is 0 Å². The van der Waals surface area contributed by atoms with Gasteiger partial charge in [0.25, 0.3) is 0 Å². The number of rotatable bonds is 11. The van der Waals surface area contributed by atoms with Crippen LogP contribution in [0.5, 0.6) is 5.75 Å². The monoisotopic (exact) mass is 566 g/mol. The molecule has 1 fully saturated rings. The molecule has 0 atom stereocenters. The van der Waals surface area contributed by atoms with Crippen LogP contribution < -0.4 is 4.74 Å². The van der Waals surface area contributed by atoms with Crippen LogP contribution in [0, 0.1) is 6.92 Å². The van der Waals surface area contributed by atoms with E-state index in [1.165, 1.54) is 9.87 Å². The second-order valence-corrected chi connectivity index (χ2v) is 12.3. The third kappa shape index (κ3) is 8.02. The van der Waals surface area contributed by atoms with Gasteiger partial charge in [-0.2, -0.15) is 4.31 Å². The van der Waals surface area contributed by atoms with Crippen LogP contribution in [-0.4, -0.2) is 62.7 Å². The van der Waals surface area contributed by atoms with Crippen molar-refractivity contribution in [2.75, 3.05) is 33.3 Å². The lowest BCUT2D eigenvalue weighted by atomic mass is 10.1. The van der Waals surface area contributed by atoms with Crippen molar-refractivity contribution in [3.05, 3.63) is 101 Å². The highest BCUT2D eigenvalue weighted by Gasteiger charge is 2.30. The van der Waals surface area contributed by atoms with E-state index in [1.807, 2.05) is 49.4 Å². The molecular formula is C31H35ClN2O4S. The first-order chi connectivity index (χ1) is 18.7. The van der Waals surface area contributed by atoms with Gasteiger partial charge in [0.15, 0.2) is 5.78 Å². The maximum absolute atomic E-state index is 13.0. The number of likely N-dealkylation sites (tertiary alicyclic amines) is 1. The zero-order valence-electron chi connectivity index (χ0n) is 22.4. The van der Waals surface area contributed by atoms with Crippen LogP contribution >= 0.6 is 11.6 Å². The average molecular weight is 567 g/mol. The van der Waals surface area contributed by atoms with Crippen molar-refractivity contribution in [2.24, 2.45) is 0 Å². The van der Waals surface area contributed by atoms with Crippen molar-refractivity contribution in [1.29, 1.82) is 0 Å². The van der Waals surface area contributed by atoms with Crippen molar-refractivity contribution in [3.63, 3.8) is 0 Å². The number of ketones is 1. The third-order valence-electron chi connectivity index (χ3n) is 7.09. The van der Waals surface area contributed by atoms with Gasteiger partial charge >= 0.3 is 0 Å². The van der Waals surface area contributed by atoms with Crippen molar-refractivity contribution in [3.8, 4) is 5.75 Å². The second-order valence-electron chi connectivity index (χ2n) is 9.88. The second kappa shape index (κ2) is 13.4. The molecular weight excluding hydrogens is 532 g/mol. The number of carbonyl (C=O) groups excluding carboxylic acids is 1. The van der Waals surface area contributed by atoms with E-state index in [1.54, 1.807) is 49.5 Å². The average Bonchev–Trinajstić information content (AvgIpc) is 2.95. The molecule has 3 aromatic rings. The van der Waals surface area contributed by atoms with Crippen molar-refractivity contribution in [2.45, 2.75) is 37.1 Å².